The maximum atomic E-state index is 13.8. The highest BCUT2D eigenvalue weighted by atomic mass is 16.6. The Morgan fingerprint density at radius 2 is 1.24 bits per heavy atom. The molecule has 3 amide bonds. The van der Waals surface area contributed by atoms with E-state index < -0.39 is 53.9 Å². The molecule has 4 atom stereocenters. The van der Waals surface area contributed by atoms with E-state index in [9.17, 15) is 24.0 Å². The van der Waals surface area contributed by atoms with Gasteiger partial charge in [-0.25, -0.2) is 9.59 Å². The fraction of sp³-hybridized carbons (Fsp3) is 0.342. The lowest BCUT2D eigenvalue weighted by Crippen LogP contribution is -2.55. The van der Waals surface area contributed by atoms with Gasteiger partial charge < -0.3 is 29.7 Å². The van der Waals surface area contributed by atoms with E-state index in [-0.39, 0.29) is 39.1 Å². The number of ether oxygens (including phenoxy) is 3. The smallest absolute Gasteiger partial charge is 0.408 e. The Balaban J connectivity index is 1.35. The Bertz CT molecular complexity index is 1600. The average Bonchev–Trinajstić information content (AvgIpc) is 3.63. The van der Waals surface area contributed by atoms with Crippen LogP contribution in [-0.2, 0) is 53.2 Å². The van der Waals surface area contributed by atoms with Crippen LogP contribution < -0.4 is 10.6 Å². The zero-order chi connectivity index (χ0) is 34.4. The SMILES string of the molecule is O=C(N[C@H]1CC=CC[C@H](C(=O)OCc2ccccc2)C[C@@H](C(=O)OCc2ccccc2)NC(=O)[C@@H]2CCCN2C1=O)OCc1ccccc1. The Hall–Kier alpha value is -5.45. The summed E-state index contributed by atoms with van der Waals surface area (Å²) in [5.74, 6) is -3.06. The molecule has 49 heavy (non-hydrogen) atoms. The third kappa shape index (κ3) is 10.3. The number of nitrogens with one attached hydrogen (secondary N) is 2. The van der Waals surface area contributed by atoms with E-state index in [0.29, 0.717) is 19.4 Å². The quantitative estimate of drug-likeness (QED) is 0.192. The Morgan fingerprint density at radius 1 is 0.714 bits per heavy atom. The number of alkyl carbamates (subject to hydrolysis) is 1. The summed E-state index contributed by atoms with van der Waals surface area (Å²) < 4.78 is 16.6. The zero-order valence-corrected chi connectivity index (χ0v) is 27.2. The first-order chi connectivity index (χ1) is 23.9. The number of carbonyl (C=O) groups excluding carboxylic acids is 5. The van der Waals surface area contributed by atoms with Crippen molar-refractivity contribution in [2.45, 2.75) is 70.1 Å². The van der Waals surface area contributed by atoms with Crippen molar-refractivity contribution < 1.29 is 38.2 Å². The highest BCUT2D eigenvalue weighted by Gasteiger charge is 2.40. The van der Waals surface area contributed by atoms with Crippen molar-refractivity contribution in [1.82, 2.24) is 15.5 Å². The standard InChI is InChI=1S/C38H41N3O8/c42-34-33-21-12-22-41(33)35(43)31(40-38(46)49-26-29-17-8-3-9-18-29)20-11-10-19-30(36(44)47-24-27-13-4-1-5-14-27)23-32(39-34)37(45)48-25-28-15-6-2-7-16-28/h1-11,13-18,30-33H,12,19-26H2,(H,39,42)(H,40,46)/t30-,31-,32-,33-/m0/s1. The highest BCUT2D eigenvalue weighted by molar-refractivity contribution is 5.93. The van der Waals surface area contributed by atoms with Gasteiger partial charge in [-0.1, -0.05) is 103 Å². The topological polar surface area (TPSA) is 140 Å². The van der Waals surface area contributed by atoms with Crippen molar-refractivity contribution in [2.24, 2.45) is 5.92 Å². The Labute approximate surface area is 285 Å². The van der Waals surface area contributed by atoms with Crippen LogP contribution in [0.4, 0.5) is 4.79 Å². The molecule has 2 heterocycles. The van der Waals surface area contributed by atoms with Gasteiger partial charge in [0.2, 0.25) is 11.8 Å². The van der Waals surface area contributed by atoms with Gasteiger partial charge in [0.15, 0.2) is 0 Å². The lowest BCUT2D eigenvalue weighted by molar-refractivity contribution is -0.154. The van der Waals surface area contributed by atoms with Crippen LogP contribution in [0.5, 0.6) is 0 Å². The van der Waals surface area contributed by atoms with Crippen LogP contribution in [-0.4, -0.2) is 59.4 Å². The molecule has 2 N–H and O–H groups in total. The van der Waals surface area contributed by atoms with Crippen molar-refractivity contribution in [1.29, 1.82) is 0 Å². The molecule has 2 aliphatic rings. The molecule has 0 unspecified atom stereocenters. The summed E-state index contributed by atoms with van der Waals surface area (Å²) in [5, 5.41) is 5.45. The first-order valence-corrected chi connectivity index (χ1v) is 16.5. The number of allylic oxidation sites excluding steroid dienone is 1. The number of fused-ring (bicyclic) bond motifs is 1. The summed E-state index contributed by atoms with van der Waals surface area (Å²) in [6.45, 7) is 0.344. The lowest BCUT2D eigenvalue weighted by Gasteiger charge is -2.29. The zero-order valence-electron chi connectivity index (χ0n) is 27.2. The molecule has 0 spiro atoms. The number of nitrogens with zero attached hydrogens (tertiary/aromatic N) is 1. The van der Waals surface area contributed by atoms with Gasteiger partial charge in [0.05, 0.1) is 5.92 Å². The molecule has 3 aromatic carbocycles. The molecule has 0 aromatic heterocycles. The summed E-state index contributed by atoms with van der Waals surface area (Å²) >= 11 is 0. The Kier molecular flexibility index (Phi) is 12.5. The van der Waals surface area contributed by atoms with Crippen LogP contribution in [0, 0.1) is 5.92 Å². The third-order valence-electron chi connectivity index (χ3n) is 8.50. The minimum absolute atomic E-state index is 0.0170. The van der Waals surface area contributed by atoms with Crippen LogP contribution in [0.1, 0.15) is 48.8 Å². The number of carbonyl (C=O) groups is 5. The molecular formula is C38H41N3O8. The van der Waals surface area contributed by atoms with Crippen LogP contribution in [0.25, 0.3) is 0 Å². The molecule has 0 bridgehead atoms. The monoisotopic (exact) mass is 667 g/mol. The van der Waals surface area contributed by atoms with Crippen molar-refractivity contribution in [3.63, 3.8) is 0 Å². The molecular weight excluding hydrogens is 626 g/mol. The normalized spacial score (nSPS) is 21.2. The van der Waals surface area contributed by atoms with E-state index in [1.807, 2.05) is 91.0 Å². The molecule has 0 saturated carbocycles. The first kappa shape index (κ1) is 34.9. The van der Waals surface area contributed by atoms with Gasteiger partial charge in [-0.3, -0.25) is 14.4 Å². The van der Waals surface area contributed by atoms with Gasteiger partial charge in [0.1, 0.15) is 37.9 Å². The summed E-state index contributed by atoms with van der Waals surface area (Å²) in [4.78, 5) is 68.8. The second-order valence-electron chi connectivity index (χ2n) is 12.1. The van der Waals surface area contributed by atoms with E-state index in [4.69, 9.17) is 14.2 Å². The van der Waals surface area contributed by atoms with Crippen molar-refractivity contribution in [3.8, 4) is 0 Å². The minimum atomic E-state index is -1.18. The predicted octanol–water partition coefficient (Wildman–Crippen LogP) is 4.60. The third-order valence-corrected chi connectivity index (χ3v) is 8.50. The van der Waals surface area contributed by atoms with Gasteiger partial charge in [0, 0.05) is 6.54 Å². The van der Waals surface area contributed by atoms with Crippen LogP contribution >= 0.6 is 0 Å². The first-order valence-electron chi connectivity index (χ1n) is 16.5. The molecule has 0 aliphatic carbocycles. The number of hydrogen-bond acceptors (Lipinski definition) is 8. The van der Waals surface area contributed by atoms with Crippen molar-refractivity contribution in [2.75, 3.05) is 6.54 Å². The maximum absolute atomic E-state index is 13.8. The summed E-state index contributed by atoms with van der Waals surface area (Å²) in [6, 6.07) is 24.4. The summed E-state index contributed by atoms with van der Waals surface area (Å²) in [6.07, 6.45) is 3.75. The van der Waals surface area contributed by atoms with Gasteiger partial charge >= 0.3 is 18.0 Å². The lowest BCUT2D eigenvalue weighted by atomic mass is 9.95. The van der Waals surface area contributed by atoms with E-state index in [1.54, 1.807) is 12.2 Å². The van der Waals surface area contributed by atoms with Gasteiger partial charge in [0.25, 0.3) is 0 Å². The van der Waals surface area contributed by atoms with Crippen LogP contribution in [0.3, 0.4) is 0 Å². The minimum Gasteiger partial charge on any atom is -0.461 e. The van der Waals surface area contributed by atoms with Crippen LogP contribution in [0.2, 0.25) is 0 Å². The number of amides is 3. The highest BCUT2D eigenvalue weighted by Crippen LogP contribution is 2.23. The number of benzene rings is 3. The molecule has 3 aromatic rings. The van der Waals surface area contributed by atoms with Crippen molar-refractivity contribution in [3.05, 3.63) is 120 Å². The van der Waals surface area contributed by atoms with Gasteiger partial charge in [-0.15, -0.1) is 0 Å². The summed E-state index contributed by atoms with van der Waals surface area (Å²) in [5.41, 5.74) is 2.36. The molecule has 256 valence electrons. The van der Waals surface area contributed by atoms with E-state index in [2.05, 4.69) is 10.6 Å². The van der Waals surface area contributed by atoms with Gasteiger partial charge in [-0.2, -0.15) is 0 Å². The molecule has 2 aliphatic heterocycles. The molecule has 1 fully saturated rings. The van der Waals surface area contributed by atoms with Gasteiger partial charge in [-0.05, 0) is 48.8 Å². The van der Waals surface area contributed by atoms with E-state index in [1.165, 1.54) is 4.90 Å². The number of rotatable bonds is 9. The maximum Gasteiger partial charge on any atom is 0.408 e. The van der Waals surface area contributed by atoms with Crippen molar-refractivity contribution >= 4 is 29.8 Å². The fourth-order valence-corrected chi connectivity index (χ4v) is 5.86. The summed E-state index contributed by atoms with van der Waals surface area (Å²) in [7, 11) is 0. The van der Waals surface area contributed by atoms with E-state index >= 15 is 0 Å². The molecule has 11 nitrogen and oxygen atoms in total. The van der Waals surface area contributed by atoms with Crippen LogP contribution in [0.15, 0.2) is 103 Å². The molecule has 11 heteroatoms. The second-order valence-corrected chi connectivity index (χ2v) is 12.1. The average molecular weight is 668 g/mol. The fourth-order valence-electron chi connectivity index (χ4n) is 5.86. The number of hydrogen-bond donors (Lipinski definition) is 2. The predicted molar refractivity (Wildman–Crippen MR) is 179 cm³/mol. The van der Waals surface area contributed by atoms with E-state index in [0.717, 1.165) is 16.7 Å². The largest absolute Gasteiger partial charge is 0.461 e. The molecule has 0 radical (unpaired) electrons. The Morgan fingerprint density at radius 3 is 1.84 bits per heavy atom. The molecule has 1 saturated heterocycles. The molecule has 5 rings (SSSR count). The number of esters is 2. The second kappa shape index (κ2) is 17.6.